The first-order valence-electron chi connectivity index (χ1n) is 8.99. The van der Waals surface area contributed by atoms with Crippen LogP contribution in [0, 0.1) is 11.6 Å². The minimum absolute atomic E-state index is 0.0707. The van der Waals surface area contributed by atoms with Crippen LogP contribution in [-0.2, 0) is 13.2 Å². The van der Waals surface area contributed by atoms with Crippen LogP contribution in [0.3, 0.4) is 0 Å². The lowest BCUT2D eigenvalue weighted by molar-refractivity contribution is 0.0941. The van der Waals surface area contributed by atoms with E-state index >= 15 is 0 Å². The summed E-state index contributed by atoms with van der Waals surface area (Å²) < 4.78 is 38.5. The summed E-state index contributed by atoms with van der Waals surface area (Å²) in [5, 5.41) is 10.6. The van der Waals surface area contributed by atoms with Gasteiger partial charge in [-0.05, 0) is 35.9 Å². The Morgan fingerprint density at radius 1 is 1.13 bits per heavy atom. The molecule has 0 aliphatic heterocycles. The largest absolute Gasteiger partial charge is 0.482 e. The number of hydrogen-bond acceptors (Lipinski definition) is 5. The van der Waals surface area contributed by atoms with Crippen LogP contribution in [0.5, 0.6) is 5.75 Å². The Morgan fingerprint density at radius 2 is 1.97 bits per heavy atom. The van der Waals surface area contributed by atoms with Gasteiger partial charge in [-0.15, -0.1) is 0 Å². The molecule has 0 radical (unpaired) electrons. The number of rotatable bonds is 7. The number of ether oxygens (including phenoxy) is 1. The molecule has 0 unspecified atom stereocenters. The number of amides is 1. The first-order chi connectivity index (χ1) is 14.6. The third-order valence-electron chi connectivity index (χ3n) is 4.21. The van der Waals surface area contributed by atoms with Gasteiger partial charge in [-0.2, -0.15) is 5.10 Å². The summed E-state index contributed by atoms with van der Waals surface area (Å²) in [5.74, 6) is -1.85. The molecule has 0 fully saturated rings. The summed E-state index contributed by atoms with van der Waals surface area (Å²) in [7, 11) is 0. The molecule has 1 amide bonds. The van der Waals surface area contributed by atoms with Crippen molar-refractivity contribution in [2.24, 2.45) is 0 Å². The summed E-state index contributed by atoms with van der Waals surface area (Å²) in [5.41, 5.74) is 1.88. The molecule has 0 atom stereocenters. The Hall–Kier alpha value is -4.01. The van der Waals surface area contributed by atoms with E-state index in [0.717, 1.165) is 23.4 Å². The van der Waals surface area contributed by atoms with E-state index in [1.807, 2.05) is 36.5 Å². The zero-order valence-electron chi connectivity index (χ0n) is 15.6. The Morgan fingerprint density at radius 3 is 2.70 bits per heavy atom. The van der Waals surface area contributed by atoms with Crippen LogP contribution in [0.2, 0.25) is 0 Å². The van der Waals surface area contributed by atoms with Gasteiger partial charge in [-0.3, -0.25) is 4.79 Å². The normalized spacial score (nSPS) is 10.7. The number of nitrogens with zero attached hydrogens (tertiary/aromatic N) is 3. The van der Waals surface area contributed by atoms with E-state index in [2.05, 4.69) is 15.6 Å². The summed E-state index contributed by atoms with van der Waals surface area (Å²) >= 11 is 0. The second-order valence-corrected chi connectivity index (χ2v) is 6.34. The van der Waals surface area contributed by atoms with Crippen molar-refractivity contribution < 1.29 is 22.8 Å². The van der Waals surface area contributed by atoms with Gasteiger partial charge in [-0.25, -0.2) is 13.5 Å². The van der Waals surface area contributed by atoms with E-state index < -0.39 is 17.5 Å². The summed E-state index contributed by atoms with van der Waals surface area (Å²) in [6.45, 7) is 0.148. The number of halogens is 2. The Labute approximate surface area is 169 Å². The maximum Gasteiger partial charge on any atom is 0.273 e. The predicted molar refractivity (Wildman–Crippen MR) is 102 cm³/mol. The van der Waals surface area contributed by atoms with Crippen LogP contribution in [-0.4, -0.2) is 20.8 Å². The van der Waals surface area contributed by atoms with Crippen molar-refractivity contribution in [2.75, 3.05) is 0 Å². The molecular weight excluding hydrogens is 394 g/mol. The number of nitrogens with one attached hydrogen (secondary N) is 1. The third-order valence-corrected chi connectivity index (χ3v) is 4.21. The van der Waals surface area contributed by atoms with E-state index in [0.29, 0.717) is 6.54 Å². The molecule has 0 spiro atoms. The summed E-state index contributed by atoms with van der Waals surface area (Å²) in [6.07, 6.45) is 3.54. The Balaban J connectivity index is 1.30. The highest BCUT2D eigenvalue weighted by Crippen LogP contribution is 2.19. The number of carbonyl (C=O) groups excluding carboxylic acids is 1. The zero-order chi connectivity index (χ0) is 20.9. The van der Waals surface area contributed by atoms with Crippen LogP contribution in [0.1, 0.15) is 21.8 Å². The van der Waals surface area contributed by atoms with Gasteiger partial charge >= 0.3 is 0 Å². The van der Waals surface area contributed by atoms with Crippen LogP contribution < -0.4 is 10.1 Å². The maximum absolute atomic E-state index is 13.6. The molecule has 0 saturated carbocycles. The molecule has 2 heterocycles. The molecule has 2 aromatic heterocycles. The summed E-state index contributed by atoms with van der Waals surface area (Å²) in [6, 6.07) is 13.8. The van der Waals surface area contributed by atoms with E-state index in [1.54, 1.807) is 10.9 Å². The molecule has 0 bridgehead atoms. The number of benzene rings is 2. The standard InChI is InChI=1S/C21H16F2N4O3/c22-15-4-7-20(18(23)10-15)29-13-17-11-19(26-30-17)21(28)24-12-14-2-5-16(6-3-14)27-9-1-8-25-27/h1-11H,12-13H2,(H,24,28). The lowest BCUT2D eigenvalue weighted by Gasteiger charge is -2.05. The van der Waals surface area contributed by atoms with E-state index in [1.165, 1.54) is 12.1 Å². The molecule has 4 aromatic rings. The van der Waals surface area contributed by atoms with Crippen molar-refractivity contribution in [2.45, 2.75) is 13.2 Å². The third kappa shape index (κ3) is 4.52. The van der Waals surface area contributed by atoms with Crippen LogP contribution in [0.15, 0.2) is 71.5 Å². The lowest BCUT2D eigenvalue weighted by atomic mass is 10.2. The van der Waals surface area contributed by atoms with E-state index in [9.17, 15) is 13.6 Å². The van der Waals surface area contributed by atoms with Crippen molar-refractivity contribution in [1.82, 2.24) is 20.3 Å². The first kappa shape index (κ1) is 19.3. The van der Waals surface area contributed by atoms with Crippen molar-refractivity contribution in [3.05, 3.63) is 95.6 Å². The number of aromatic nitrogens is 3. The molecule has 1 N–H and O–H groups in total. The molecular formula is C21H16F2N4O3. The Kier molecular flexibility index (Phi) is 5.51. The second kappa shape index (κ2) is 8.56. The van der Waals surface area contributed by atoms with E-state index in [4.69, 9.17) is 9.26 Å². The Bertz CT molecular complexity index is 1140. The van der Waals surface area contributed by atoms with Gasteiger partial charge < -0.3 is 14.6 Å². The van der Waals surface area contributed by atoms with Crippen molar-refractivity contribution in [3.8, 4) is 11.4 Å². The molecule has 0 saturated heterocycles. The van der Waals surface area contributed by atoms with Crippen LogP contribution in [0.25, 0.3) is 5.69 Å². The fourth-order valence-electron chi connectivity index (χ4n) is 2.69. The highest BCUT2D eigenvalue weighted by Gasteiger charge is 2.14. The smallest absolute Gasteiger partial charge is 0.273 e. The van der Waals surface area contributed by atoms with Crippen LogP contribution in [0.4, 0.5) is 8.78 Å². The fraction of sp³-hybridized carbons (Fsp3) is 0.0952. The van der Waals surface area contributed by atoms with Gasteiger partial charge in [0.05, 0.1) is 5.69 Å². The first-order valence-corrected chi connectivity index (χ1v) is 8.99. The highest BCUT2D eigenvalue weighted by atomic mass is 19.1. The number of carbonyl (C=O) groups is 1. The average molecular weight is 410 g/mol. The SMILES string of the molecule is O=C(NCc1ccc(-n2cccn2)cc1)c1cc(COc2ccc(F)cc2F)on1. The summed E-state index contributed by atoms with van der Waals surface area (Å²) in [4.78, 5) is 12.3. The molecule has 0 aliphatic carbocycles. The van der Waals surface area contributed by atoms with Crippen LogP contribution >= 0.6 is 0 Å². The molecule has 152 valence electrons. The van der Waals surface area contributed by atoms with Gasteiger partial charge in [0, 0.05) is 31.1 Å². The predicted octanol–water partition coefficient (Wildman–Crippen LogP) is 3.65. The quantitative estimate of drug-likeness (QED) is 0.503. The highest BCUT2D eigenvalue weighted by molar-refractivity contribution is 5.92. The van der Waals surface area contributed by atoms with E-state index in [-0.39, 0.29) is 23.8 Å². The van der Waals surface area contributed by atoms with Crippen molar-refractivity contribution >= 4 is 5.91 Å². The molecule has 7 nitrogen and oxygen atoms in total. The monoisotopic (exact) mass is 410 g/mol. The van der Waals surface area contributed by atoms with Crippen molar-refractivity contribution in [1.29, 1.82) is 0 Å². The van der Waals surface area contributed by atoms with Gasteiger partial charge in [0.15, 0.2) is 23.0 Å². The second-order valence-electron chi connectivity index (χ2n) is 6.34. The van der Waals surface area contributed by atoms with Gasteiger partial charge in [-0.1, -0.05) is 17.3 Å². The van der Waals surface area contributed by atoms with Gasteiger partial charge in [0.25, 0.3) is 5.91 Å². The molecule has 2 aromatic carbocycles. The fourth-order valence-corrected chi connectivity index (χ4v) is 2.69. The van der Waals surface area contributed by atoms with Gasteiger partial charge in [0.2, 0.25) is 0 Å². The zero-order valence-corrected chi connectivity index (χ0v) is 15.6. The van der Waals surface area contributed by atoms with Crippen molar-refractivity contribution in [3.63, 3.8) is 0 Å². The molecule has 0 aliphatic rings. The lowest BCUT2D eigenvalue weighted by Crippen LogP contribution is -2.23. The molecule has 4 rings (SSSR count). The maximum atomic E-state index is 13.6. The topological polar surface area (TPSA) is 82.2 Å². The minimum atomic E-state index is -0.828. The molecule has 30 heavy (non-hydrogen) atoms. The van der Waals surface area contributed by atoms with Gasteiger partial charge in [0.1, 0.15) is 12.4 Å². The minimum Gasteiger partial charge on any atom is -0.482 e. The number of hydrogen-bond donors (Lipinski definition) is 1. The average Bonchev–Trinajstić information content (AvgIpc) is 3.44. The molecule has 9 heteroatoms.